The molecule has 0 amide bonds. The monoisotopic (exact) mass is 434 g/mol. The first-order chi connectivity index (χ1) is 14.7. The number of unbranched alkanes of at least 4 members (excludes halogenated alkanes) is 8. The maximum absolute atomic E-state index is 12.6. The summed E-state index contributed by atoms with van der Waals surface area (Å²) in [6.45, 7) is 10.5. The topological polar surface area (TPSA) is 61.8 Å². The molecule has 0 saturated heterocycles. The molecular weight excluding hydrogens is 392 g/mol. The fourth-order valence-electron chi connectivity index (χ4n) is 3.14. The Morgan fingerprint density at radius 2 is 1.35 bits per heavy atom. The first-order valence-corrected chi connectivity index (χ1v) is 11.9. The van der Waals surface area contributed by atoms with Crippen molar-refractivity contribution in [1.29, 1.82) is 0 Å². The van der Waals surface area contributed by atoms with Crippen molar-refractivity contribution in [3.63, 3.8) is 0 Å². The minimum absolute atomic E-state index is 0.224. The quantitative estimate of drug-likeness (QED) is 0.226. The minimum Gasteiger partial charge on any atom is -0.462 e. The van der Waals surface area contributed by atoms with Gasteiger partial charge in [-0.1, -0.05) is 70.4 Å². The van der Waals surface area contributed by atoms with Gasteiger partial charge in [0, 0.05) is 0 Å². The van der Waals surface area contributed by atoms with Gasteiger partial charge in [0.1, 0.15) is 6.10 Å². The summed E-state index contributed by atoms with van der Waals surface area (Å²) in [6.07, 6.45) is 10.4. The van der Waals surface area contributed by atoms with Gasteiger partial charge < -0.3 is 14.2 Å². The number of esters is 2. The van der Waals surface area contributed by atoms with Crippen LogP contribution in [0.2, 0.25) is 0 Å². The molecule has 176 valence electrons. The third-order valence-electron chi connectivity index (χ3n) is 4.91. The van der Waals surface area contributed by atoms with Gasteiger partial charge >= 0.3 is 11.9 Å². The lowest BCUT2D eigenvalue weighted by Crippen LogP contribution is -2.28. The summed E-state index contributed by atoms with van der Waals surface area (Å²) >= 11 is 0. The Hall–Kier alpha value is -1.88. The van der Waals surface area contributed by atoms with E-state index in [0.29, 0.717) is 13.2 Å². The average molecular weight is 435 g/mol. The van der Waals surface area contributed by atoms with Crippen LogP contribution in [-0.4, -0.2) is 36.9 Å². The molecule has 5 heteroatoms. The summed E-state index contributed by atoms with van der Waals surface area (Å²) in [7, 11) is 0. The van der Waals surface area contributed by atoms with E-state index in [1.54, 1.807) is 31.2 Å². The molecule has 0 radical (unpaired) electrons. The zero-order valence-electron chi connectivity index (χ0n) is 20.2. The molecular formula is C26H42O5. The second-order valence-corrected chi connectivity index (χ2v) is 9.15. The Bertz CT molecular complexity index is 647. The molecule has 0 aliphatic heterocycles. The van der Waals surface area contributed by atoms with E-state index in [2.05, 4.69) is 6.92 Å². The van der Waals surface area contributed by atoms with Crippen LogP contribution in [0.1, 0.15) is 113 Å². The van der Waals surface area contributed by atoms with Crippen molar-refractivity contribution >= 4 is 11.9 Å². The highest BCUT2D eigenvalue weighted by molar-refractivity contribution is 6.03. The molecule has 0 bridgehead atoms. The second-order valence-electron chi connectivity index (χ2n) is 9.15. The summed E-state index contributed by atoms with van der Waals surface area (Å²) in [4.78, 5) is 25.1. The molecule has 0 saturated carbocycles. The summed E-state index contributed by atoms with van der Waals surface area (Å²) in [5.41, 5.74) is 0.159. The SMILES string of the molecule is CCCCCCCCCCCOC(=O)c1ccccc1C(=O)OC(C)COC(C)(C)C. The first kappa shape index (κ1) is 27.2. The molecule has 1 rings (SSSR count). The molecule has 0 N–H and O–H groups in total. The Morgan fingerprint density at radius 1 is 0.839 bits per heavy atom. The largest absolute Gasteiger partial charge is 0.462 e. The van der Waals surface area contributed by atoms with Crippen molar-refractivity contribution in [1.82, 2.24) is 0 Å². The molecule has 1 aromatic carbocycles. The van der Waals surface area contributed by atoms with E-state index < -0.39 is 18.0 Å². The van der Waals surface area contributed by atoms with Gasteiger partial charge in [-0.25, -0.2) is 9.59 Å². The van der Waals surface area contributed by atoms with Crippen molar-refractivity contribution in [3.8, 4) is 0 Å². The van der Waals surface area contributed by atoms with Crippen molar-refractivity contribution in [2.45, 2.75) is 104 Å². The third-order valence-corrected chi connectivity index (χ3v) is 4.91. The number of benzene rings is 1. The number of ether oxygens (including phenoxy) is 3. The molecule has 0 aromatic heterocycles. The maximum atomic E-state index is 12.6. The maximum Gasteiger partial charge on any atom is 0.339 e. The van der Waals surface area contributed by atoms with Crippen molar-refractivity contribution in [2.24, 2.45) is 0 Å². The lowest BCUT2D eigenvalue weighted by molar-refractivity contribution is -0.0531. The molecule has 1 aromatic rings. The Kier molecular flexibility index (Phi) is 13.1. The van der Waals surface area contributed by atoms with Crippen LogP contribution >= 0.6 is 0 Å². The highest BCUT2D eigenvalue weighted by Crippen LogP contribution is 2.15. The normalized spacial score (nSPS) is 12.4. The molecule has 0 spiro atoms. The van der Waals surface area contributed by atoms with Gasteiger partial charge in [0.15, 0.2) is 0 Å². The summed E-state index contributed by atoms with van der Waals surface area (Å²) in [5.74, 6) is -1.02. The van der Waals surface area contributed by atoms with Gasteiger partial charge in [-0.15, -0.1) is 0 Å². The Morgan fingerprint density at radius 3 is 1.90 bits per heavy atom. The zero-order chi connectivity index (χ0) is 23.1. The van der Waals surface area contributed by atoms with Crippen LogP contribution in [0.15, 0.2) is 24.3 Å². The van der Waals surface area contributed by atoms with E-state index in [1.165, 1.54) is 44.9 Å². The van der Waals surface area contributed by atoms with Gasteiger partial charge in [0.05, 0.1) is 29.9 Å². The van der Waals surface area contributed by atoms with Crippen LogP contribution in [0.4, 0.5) is 0 Å². The number of hydrogen-bond donors (Lipinski definition) is 0. The van der Waals surface area contributed by atoms with Gasteiger partial charge in [0.2, 0.25) is 0 Å². The van der Waals surface area contributed by atoms with Gasteiger partial charge in [-0.3, -0.25) is 0 Å². The molecule has 0 fully saturated rings. The fraction of sp³-hybridized carbons (Fsp3) is 0.692. The molecule has 5 nitrogen and oxygen atoms in total. The summed E-state index contributed by atoms with van der Waals surface area (Å²) in [6, 6.07) is 6.63. The molecule has 1 atom stereocenters. The van der Waals surface area contributed by atoms with Gasteiger partial charge in [0.25, 0.3) is 0 Å². The predicted octanol–water partition coefficient (Wildman–Crippen LogP) is 6.73. The van der Waals surface area contributed by atoms with E-state index in [4.69, 9.17) is 14.2 Å². The summed E-state index contributed by atoms with van der Waals surface area (Å²) in [5, 5.41) is 0. The lowest BCUT2D eigenvalue weighted by atomic mass is 10.1. The van der Waals surface area contributed by atoms with Gasteiger partial charge in [-0.2, -0.15) is 0 Å². The Labute approximate surface area is 188 Å². The van der Waals surface area contributed by atoms with E-state index in [1.807, 2.05) is 20.8 Å². The number of carbonyl (C=O) groups is 2. The summed E-state index contributed by atoms with van der Waals surface area (Å²) < 4.78 is 16.5. The van der Waals surface area contributed by atoms with E-state index in [9.17, 15) is 9.59 Å². The van der Waals surface area contributed by atoms with Crippen LogP contribution in [0.3, 0.4) is 0 Å². The zero-order valence-corrected chi connectivity index (χ0v) is 20.2. The predicted molar refractivity (Wildman–Crippen MR) is 125 cm³/mol. The Balaban J connectivity index is 2.39. The molecule has 0 aliphatic carbocycles. The van der Waals surface area contributed by atoms with Crippen LogP contribution in [0.5, 0.6) is 0 Å². The fourth-order valence-corrected chi connectivity index (χ4v) is 3.14. The van der Waals surface area contributed by atoms with E-state index >= 15 is 0 Å². The minimum atomic E-state index is -0.541. The third kappa shape index (κ3) is 12.5. The van der Waals surface area contributed by atoms with Crippen LogP contribution in [0, 0.1) is 0 Å². The average Bonchev–Trinajstić information content (AvgIpc) is 2.73. The smallest absolute Gasteiger partial charge is 0.339 e. The van der Waals surface area contributed by atoms with Crippen LogP contribution in [0.25, 0.3) is 0 Å². The molecule has 1 unspecified atom stereocenters. The van der Waals surface area contributed by atoms with Crippen LogP contribution < -0.4 is 0 Å². The van der Waals surface area contributed by atoms with Crippen LogP contribution in [-0.2, 0) is 14.2 Å². The van der Waals surface area contributed by atoms with E-state index in [-0.39, 0.29) is 16.7 Å². The number of carbonyl (C=O) groups excluding carboxylic acids is 2. The van der Waals surface area contributed by atoms with Crippen molar-refractivity contribution < 1.29 is 23.8 Å². The van der Waals surface area contributed by atoms with Crippen molar-refractivity contribution in [3.05, 3.63) is 35.4 Å². The standard InChI is InChI=1S/C26H42O5/c1-6-7-8-9-10-11-12-13-16-19-29-24(27)22-17-14-15-18-23(22)25(28)31-21(2)20-30-26(3,4)5/h14-15,17-18,21H,6-13,16,19-20H2,1-5H3. The highest BCUT2D eigenvalue weighted by Gasteiger charge is 2.21. The van der Waals surface area contributed by atoms with Gasteiger partial charge in [-0.05, 0) is 46.2 Å². The second kappa shape index (κ2) is 15.0. The van der Waals surface area contributed by atoms with Crippen molar-refractivity contribution in [2.75, 3.05) is 13.2 Å². The van der Waals surface area contributed by atoms with E-state index in [0.717, 1.165) is 12.8 Å². The lowest BCUT2D eigenvalue weighted by Gasteiger charge is -2.22. The first-order valence-electron chi connectivity index (χ1n) is 11.9. The molecule has 0 heterocycles. The molecule has 0 aliphatic rings. The number of rotatable bonds is 15. The number of hydrogen-bond acceptors (Lipinski definition) is 5. The highest BCUT2D eigenvalue weighted by atomic mass is 16.6. The molecule has 31 heavy (non-hydrogen) atoms.